The SMILES string of the molecule is COCC1(CNC2CCC3(CCNCC3)CC2)CCC1. The third-order valence-corrected chi connectivity index (χ3v) is 6.34. The van der Waals surface area contributed by atoms with E-state index >= 15 is 0 Å². The lowest BCUT2D eigenvalue weighted by molar-refractivity contribution is 0.0125. The zero-order valence-corrected chi connectivity index (χ0v) is 13.2. The van der Waals surface area contributed by atoms with Crippen molar-refractivity contribution in [3.63, 3.8) is 0 Å². The van der Waals surface area contributed by atoms with Crippen LogP contribution >= 0.6 is 0 Å². The standard InChI is InChI=1S/C17H32N2O/c1-20-14-17(5-2-6-17)13-19-15-3-7-16(8-4-15)9-11-18-12-10-16/h15,18-19H,2-14H2,1H3. The summed E-state index contributed by atoms with van der Waals surface area (Å²) in [6.07, 6.45) is 12.6. The number of hydrogen-bond donors (Lipinski definition) is 2. The van der Waals surface area contributed by atoms with Crippen molar-refractivity contribution in [3.05, 3.63) is 0 Å². The Bertz CT molecular complexity index is 298. The van der Waals surface area contributed by atoms with Crippen LogP contribution in [-0.4, -0.2) is 39.4 Å². The van der Waals surface area contributed by atoms with Gasteiger partial charge < -0.3 is 15.4 Å². The first-order valence-corrected chi connectivity index (χ1v) is 8.69. The lowest BCUT2D eigenvalue weighted by Crippen LogP contribution is -2.48. The Balaban J connectivity index is 1.42. The fraction of sp³-hybridized carbons (Fsp3) is 1.00. The van der Waals surface area contributed by atoms with Gasteiger partial charge in [0.1, 0.15) is 0 Å². The van der Waals surface area contributed by atoms with E-state index in [4.69, 9.17) is 4.74 Å². The van der Waals surface area contributed by atoms with Crippen LogP contribution in [-0.2, 0) is 4.74 Å². The molecule has 0 bridgehead atoms. The van der Waals surface area contributed by atoms with Gasteiger partial charge >= 0.3 is 0 Å². The van der Waals surface area contributed by atoms with E-state index in [1.807, 2.05) is 7.11 Å². The molecule has 0 radical (unpaired) electrons. The molecule has 20 heavy (non-hydrogen) atoms. The summed E-state index contributed by atoms with van der Waals surface area (Å²) in [7, 11) is 1.85. The van der Waals surface area contributed by atoms with Crippen LogP contribution in [0.2, 0.25) is 0 Å². The summed E-state index contributed by atoms with van der Waals surface area (Å²) in [5.74, 6) is 0. The number of hydrogen-bond acceptors (Lipinski definition) is 3. The highest BCUT2D eigenvalue weighted by Crippen LogP contribution is 2.44. The lowest BCUT2D eigenvalue weighted by atomic mass is 9.66. The number of nitrogens with one attached hydrogen (secondary N) is 2. The highest BCUT2D eigenvalue weighted by Gasteiger charge is 2.39. The van der Waals surface area contributed by atoms with Crippen molar-refractivity contribution in [2.45, 2.75) is 63.8 Å². The largest absolute Gasteiger partial charge is 0.384 e. The van der Waals surface area contributed by atoms with Gasteiger partial charge in [0.25, 0.3) is 0 Å². The van der Waals surface area contributed by atoms with Crippen molar-refractivity contribution < 1.29 is 4.74 Å². The smallest absolute Gasteiger partial charge is 0.0530 e. The van der Waals surface area contributed by atoms with Gasteiger partial charge in [0.2, 0.25) is 0 Å². The van der Waals surface area contributed by atoms with Crippen LogP contribution in [0.5, 0.6) is 0 Å². The summed E-state index contributed by atoms with van der Waals surface area (Å²) in [6, 6.07) is 0.768. The van der Waals surface area contributed by atoms with E-state index in [1.54, 1.807) is 0 Å². The average molecular weight is 280 g/mol. The molecule has 3 fully saturated rings. The molecule has 3 rings (SSSR count). The molecule has 0 aromatic rings. The van der Waals surface area contributed by atoms with Gasteiger partial charge in [0.15, 0.2) is 0 Å². The molecule has 116 valence electrons. The molecule has 0 aromatic heterocycles. The predicted molar refractivity (Wildman–Crippen MR) is 83.0 cm³/mol. The van der Waals surface area contributed by atoms with Crippen LogP contribution < -0.4 is 10.6 Å². The Hall–Kier alpha value is -0.120. The van der Waals surface area contributed by atoms with Gasteiger partial charge in [-0.3, -0.25) is 0 Å². The highest BCUT2D eigenvalue weighted by molar-refractivity contribution is 4.94. The van der Waals surface area contributed by atoms with E-state index in [1.165, 1.54) is 77.4 Å². The van der Waals surface area contributed by atoms with Crippen LogP contribution in [0.25, 0.3) is 0 Å². The van der Waals surface area contributed by atoms with E-state index in [-0.39, 0.29) is 0 Å². The molecule has 3 heteroatoms. The lowest BCUT2D eigenvalue weighted by Gasteiger charge is -2.46. The van der Waals surface area contributed by atoms with Gasteiger partial charge in [-0.15, -0.1) is 0 Å². The quantitative estimate of drug-likeness (QED) is 0.812. The molecule has 3 aliphatic rings. The van der Waals surface area contributed by atoms with Gasteiger partial charge in [-0.2, -0.15) is 0 Å². The Morgan fingerprint density at radius 3 is 2.30 bits per heavy atom. The second-order valence-electron chi connectivity index (χ2n) is 7.69. The first-order chi connectivity index (χ1) is 9.76. The van der Waals surface area contributed by atoms with Crippen LogP contribution in [0, 0.1) is 10.8 Å². The number of piperidine rings is 1. The third-order valence-electron chi connectivity index (χ3n) is 6.34. The summed E-state index contributed by atoms with van der Waals surface area (Å²) >= 11 is 0. The normalized spacial score (nSPS) is 29.2. The molecule has 0 unspecified atom stereocenters. The molecule has 3 nitrogen and oxygen atoms in total. The zero-order valence-electron chi connectivity index (χ0n) is 13.2. The highest BCUT2D eigenvalue weighted by atomic mass is 16.5. The molecule has 1 spiro atoms. The van der Waals surface area contributed by atoms with E-state index in [9.17, 15) is 0 Å². The molecular formula is C17H32N2O. The van der Waals surface area contributed by atoms with Gasteiger partial charge in [0, 0.05) is 25.1 Å². The topological polar surface area (TPSA) is 33.3 Å². The molecule has 0 aromatic carbocycles. The number of methoxy groups -OCH3 is 1. The predicted octanol–water partition coefficient (Wildman–Crippen LogP) is 2.71. The second-order valence-corrected chi connectivity index (χ2v) is 7.69. The first-order valence-electron chi connectivity index (χ1n) is 8.69. The molecule has 2 N–H and O–H groups in total. The Morgan fingerprint density at radius 1 is 1.05 bits per heavy atom. The van der Waals surface area contributed by atoms with Crippen molar-refractivity contribution in [2.75, 3.05) is 33.4 Å². The number of ether oxygens (including phenoxy) is 1. The monoisotopic (exact) mass is 280 g/mol. The van der Waals surface area contributed by atoms with Crippen LogP contribution in [0.1, 0.15) is 57.8 Å². The number of rotatable bonds is 5. The third kappa shape index (κ3) is 3.20. The van der Waals surface area contributed by atoms with Crippen molar-refractivity contribution in [3.8, 4) is 0 Å². The first kappa shape index (κ1) is 14.8. The molecule has 0 atom stereocenters. The maximum absolute atomic E-state index is 5.43. The second kappa shape index (κ2) is 6.33. The molecule has 2 aliphatic carbocycles. The minimum Gasteiger partial charge on any atom is -0.384 e. The van der Waals surface area contributed by atoms with E-state index in [0.29, 0.717) is 10.8 Å². The summed E-state index contributed by atoms with van der Waals surface area (Å²) in [5, 5.41) is 7.39. The van der Waals surface area contributed by atoms with Gasteiger partial charge in [-0.05, 0) is 69.9 Å². The van der Waals surface area contributed by atoms with Gasteiger partial charge in [-0.25, -0.2) is 0 Å². The van der Waals surface area contributed by atoms with E-state index < -0.39 is 0 Å². The Labute approximate surface area is 124 Å². The van der Waals surface area contributed by atoms with Crippen molar-refractivity contribution in [1.29, 1.82) is 0 Å². The molecule has 0 amide bonds. The van der Waals surface area contributed by atoms with Crippen molar-refractivity contribution in [1.82, 2.24) is 10.6 Å². The van der Waals surface area contributed by atoms with E-state index in [2.05, 4.69) is 10.6 Å². The Morgan fingerprint density at radius 2 is 1.75 bits per heavy atom. The molecule has 1 heterocycles. The van der Waals surface area contributed by atoms with Crippen LogP contribution in [0.3, 0.4) is 0 Å². The average Bonchev–Trinajstić information content (AvgIpc) is 2.44. The molecule has 2 saturated carbocycles. The summed E-state index contributed by atoms with van der Waals surface area (Å²) in [4.78, 5) is 0. The zero-order chi connectivity index (χ0) is 13.9. The summed E-state index contributed by atoms with van der Waals surface area (Å²) in [6.45, 7) is 4.62. The summed E-state index contributed by atoms with van der Waals surface area (Å²) in [5.41, 5.74) is 1.17. The van der Waals surface area contributed by atoms with Gasteiger partial charge in [0.05, 0.1) is 6.61 Å². The fourth-order valence-electron chi connectivity index (χ4n) is 4.61. The van der Waals surface area contributed by atoms with Gasteiger partial charge in [-0.1, -0.05) is 6.42 Å². The molecule has 1 aliphatic heterocycles. The maximum atomic E-state index is 5.43. The molecular weight excluding hydrogens is 248 g/mol. The minimum atomic E-state index is 0.471. The van der Waals surface area contributed by atoms with Crippen LogP contribution in [0.4, 0.5) is 0 Å². The van der Waals surface area contributed by atoms with Crippen molar-refractivity contribution >= 4 is 0 Å². The summed E-state index contributed by atoms with van der Waals surface area (Å²) < 4.78 is 5.43. The van der Waals surface area contributed by atoms with Crippen molar-refractivity contribution in [2.24, 2.45) is 10.8 Å². The molecule has 1 saturated heterocycles. The van der Waals surface area contributed by atoms with Crippen LogP contribution in [0.15, 0.2) is 0 Å². The fourth-order valence-corrected chi connectivity index (χ4v) is 4.61. The maximum Gasteiger partial charge on any atom is 0.0530 e. The van der Waals surface area contributed by atoms with E-state index in [0.717, 1.165) is 12.6 Å². The Kier molecular flexibility index (Phi) is 4.68. The minimum absolute atomic E-state index is 0.471.